The van der Waals surface area contributed by atoms with Gasteiger partial charge in [-0.2, -0.15) is 0 Å². The third-order valence-corrected chi connectivity index (χ3v) is 5.08. The second-order valence-corrected chi connectivity index (χ2v) is 7.12. The summed E-state index contributed by atoms with van der Waals surface area (Å²) in [6, 6.07) is 15.1. The van der Waals surface area contributed by atoms with E-state index in [0.717, 1.165) is 22.5 Å². The Morgan fingerprint density at radius 3 is 2.50 bits per heavy atom. The molecular formula is C16H16BrClIN. The zero-order valence-corrected chi connectivity index (χ0v) is 15.7. The van der Waals surface area contributed by atoms with Gasteiger partial charge in [-0.05, 0) is 86.9 Å². The van der Waals surface area contributed by atoms with E-state index in [-0.39, 0.29) is 0 Å². The summed E-state index contributed by atoms with van der Waals surface area (Å²) in [7, 11) is 0. The van der Waals surface area contributed by atoms with E-state index in [0.29, 0.717) is 6.04 Å². The molecule has 1 unspecified atom stereocenters. The predicted octanol–water partition coefficient (Wildman–Crippen LogP) is 5.60. The Labute approximate surface area is 147 Å². The molecule has 0 aliphatic heterocycles. The fourth-order valence-electron chi connectivity index (χ4n) is 2.14. The monoisotopic (exact) mass is 463 g/mol. The van der Waals surface area contributed by atoms with Gasteiger partial charge in [-0.15, -0.1) is 0 Å². The van der Waals surface area contributed by atoms with E-state index in [1.807, 2.05) is 6.07 Å². The normalized spacial score (nSPS) is 12.4. The van der Waals surface area contributed by atoms with Crippen molar-refractivity contribution in [3.63, 3.8) is 0 Å². The fraction of sp³-hybridized carbons (Fsp3) is 0.250. The summed E-state index contributed by atoms with van der Waals surface area (Å²) in [6.07, 6.45) is 0.971. The largest absolute Gasteiger partial charge is 0.310 e. The molecule has 1 atom stereocenters. The summed E-state index contributed by atoms with van der Waals surface area (Å²) in [4.78, 5) is 0. The Morgan fingerprint density at radius 1 is 1.20 bits per heavy atom. The van der Waals surface area contributed by atoms with Crippen LogP contribution in [-0.2, 0) is 6.42 Å². The molecule has 106 valence electrons. The number of benzene rings is 2. The quantitative estimate of drug-likeness (QED) is 0.568. The van der Waals surface area contributed by atoms with Crippen molar-refractivity contribution in [2.45, 2.75) is 19.4 Å². The maximum Gasteiger partial charge on any atom is 0.0548 e. The number of nitrogens with one attached hydrogen (secondary N) is 1. The highest BCUT2D eigenvalue weighted by atomic mass is 127. The van der Waals surface area contributed by atoms with Gasteiger partial charge < -0.3 is 5.32 Å². The number of halogens is 3. The molecule has 0 heterocycles. The first kappa shape index (κ1) is 16.3. The summed E-state index contributed by atoms with van der Waals surface area (Å²) in [5.41, 5.74) is 2.59. The summed E-state index contributed by atoms with van der Waals surface area (Å²) in [5, 5.41) is 4.29. The molecule has 1 N–H and O–H groups in total. The lowest BCUT2D eigenvalue weighted by Gasteiger charge is -2.19. The highest BCUT2D eigenvalue weighted by Crippen LogP contribution is 2.27. The van der Waals surface area contributed by atoms with Crippen molar-refractivity contribution in [1.29, 1.82) is 0 Å². The van der Waals surface area contributed by atoms with E-state index in [1.165, 1.54) is 14.7 Å². The Balaban J connectivity index is 2.21. The summed E-state index contributed by atoms with van der Waals surface area (Å²) >= 11 is 11.9. The summed E-state index contributed by atoms with van der Waals surface area (Å²) < 4.78 is 2.21. The van der Waals surface area contributed by atoms with Gasteiger partial charge in [0, 0.05) is 14.1 Å². The fourth-order valence-corrected chi connectivity index (χ4v) is 3.01. The van der Waals surface area contributed by atoms with Gasteiger partial charge in [0.25, 0.3) is 0 Å². The summed E-state index contributed by atoms with van der Waals surface area (Å²) in [5.74, 6) is 0. The van der Waals surface area contributed by atoms with E-state index >= 15 is 0 Å². The molecule has 0 aliphatic rings. The number of likely N-dealkylation sites (N-methyl/N-ethyl adjacent to an activating group) is 1. The second kappa shape index (κ2) is 7.78. The van der Waals surface area contributed by atoms with Crippen LogP contribution in [0.2, 0.25) is 5.02 Å². The van der Waals surface area contributed by atoms with Gasteiger partial charge >= 0.3 is 0 Å². The lowest BCUT2D eigenvalue weighted by atomic mass is 9.99. The molecular weight excluding hydrogens is 448 g/mol. The molecule has 2 aromatic rings. The first-order valence-electron chi connectivity index (χ1n) is 6.53. The molecule has 0 amide bonds. The number of hydrogen-bond donors (Lipinski definition) is 1. The van der Waals surface area contributed by atoms with Crippen LogP contribution < -0.4 is 5.32 Å². The highest BCUT2D eigenvalue weighted by molar-refractivity contribution is 14.1. The number of rotatable bonds is 5. The molecule has 0 radical (unpaired) electrons. The molecule has 0 aromatic heterocycles. The first-order chi connectivity index (χ1) is 9.60. The Hall–Kier alpha value is -0.100. The maximum absolute atomic E-state index is 6.07. The van der Waals surface area contributed by atoms with Crippen LogP contribution in [0.25, 0.3) is 0 Å². The zero-order chi connectivity index (χ0) is 14.5. The van der Waals surface area contributed by atoms with Gasteiger partial charge in [-0.3, -0.25) is 0 Å². The van der Waals surface area contributed by atoms with Crippen LogP contribution in [-0.4, -0.2) is 6.54 Å². The van der Waals surface area contributed by atoms with Crippen LogP contribution in [0, 0.1) is 3.57 Å². The second-order valence-electron chi connectivity index (χ2n) is 4.61. The van der Waals surface area contributed by atoms with Crippen molar-refractivity contribution < 1.29 is 0 Å². The van der Waals surface area contributed by atoms with Crippen molar-refractivity contribution in [1.82, 2.24) is 5.32 Å². The van der Waals surface area contributed by atoms with Crippen LogP contribution >= 0.6 is 50.1 Å². The van der Waals surface area contributed by atoms with Crippen LogP contribution in [0.15, 0.2) is 46.9 Å². The number of hydrogen-bond acceptors (Lipinski definition) is 1. The first-order valence-corrected chi connectivity index (χ1v) is 8.78. The van der Waals surface area contributed by atoms with Crippen molar-refractivity contribution >= 4 is 50.1 Å². The standard InChI is InChI=1S/C16H16BrClIN/c1-2-20-16(9-11-3-6-13(19)7-4-11)12-5-8-15(18)14(17)10-12/h3-8,10,16,20H,2,9H2,1H3. The van der Waals surface area contributed by atoms with Crippen LogP contribution in [0.5, 0.6) is 0 Å². The van der Waals surface area contributed by atoms with Gasteiger partial charge in [-0.25, -0.2) is 0 Å². The van der Waals surface area contributed by atoms with Gasteiger partial charge in [0.05, 0.1) is 5.02 Å². The van der Waals surface area contributed by atoms with Gasteiger partial charge in [0.2, 0.25) is 0 Å². The molecule has 2 rings (SSSR count). The van der Waals surface area contributed by atoms with Crippen LogP contribution in [0.3, 0.4) is 0 Å². The SMILES string of the molecule is CCNC(Cc1ccc(I)cc1)c1ccc(Cl)c(Br)c1. The topological polar surface area (TPSA) is 12.0 Å². The average molecular weight is 465 g/mol. The Morgan fingerprint density at radius 2 is 1.90 bits per heavy atom. The summed E-state index contributed by atoms with van der Waals surface area (Å²) in [6.45, 7) is 3.07. The molecule has 0 fully saturated rings. The molecule has 0 aliphatic carbocycles. The highest BCUT2D eigenvalue weighted by Gasteiger charge is 2.12. The minimum absolute atomic E-state index is 0.300. The molecule has 4 heteroatoms. The van der Waals surface area contributed by atoms with E-state index in [4.69, 9.17) is 11.6 Å². The Kier molecular flexibility index (Phi) is 6.33. The van der Waals surface area contributed by atoms with E-state index in [1.54, 1.807) is 0 Å². The maximum atomic E-state index is 6.07. The Bertz CT molecular complexity index is 571. The molecule has 1 nitrogen and oxygen atoms in total. The van der Waals surface area contributed by atoms with Crippen LogP contribution in [0.4, 0.5) is 0 Å². The molecule has 0 bridgehead atoms. The lowest BCUT2D eigenvalue weighted by molar-refractivity contribution is 0.549. The van der Waals surface area contributed by atoms with E-state index < -0.39 is 0 Å². The predicted molar refractivity (Wildman–Crippen MR) is 98.4 cm³/mol. The van der Waals surface area contributed by atoms with Crippen LogP contribution in [0.1, 0.15) is 24.1 Å². The van der Waals surface area contributed by atoms with Gasteiger partial charge in [-0.1, -0.05) is 36.7 Å². The third kappa shape index (κ3) is 4.45. The molecule has 0 spiro atoms. The smallest absolute Gasteiger partial charge is 0.0548 e. The van der Waals surface area contributed by atoms with E-state index in [2.05, 4.69) is 87.2 Å². The van der Waals surface area contributed by atoms with Crippen molar-refractivity contribution in [2.75, 3.05) is 6.54 Å². The zero-order valence-electron chi connectivity index (χ0n) is 11.2. The minimum Gasteiger partial charge on any atom is -0.310 e. The van der Waals surface area contributed by atoms with Crippen molar-refractivity contribution in [3.8, 4) is 0 Å². The molecule has 0 saturated heterocycles. The van der Waals surface area contributed by atoms with E-state index in [9.17, 15) is 0 Å². The van der Waals surface area contributed by atoms with Gasteiger partial charge in [0.15, 0.2) is 0 Å². The lowest BCUT2D eigenvalue weighted by Crippen LogP contribution is -2.23. The van der Waals surface area contributed by atoms with Crippen molar-refractivity contribution in [3.05, 3.63) is 66.7 Å². The van der Waals surface area contributed by atoms with Gasteiger partial charge in [0.1, 0.15) is 0 Å². The molecule has 2 aromatic carbocycles. The minimum atomic E-state index is 0.300. The molecule has 20 heavy (non-hydrogen) atoms. The van der Waals surface area contributed by atoms with Crippen molar-refractivity contribution in [2.24, 2.45) is 0 Å². The molecule has 0 saturated carbocycles. The third-order valence-electron chi connectivity index (χ3n) is 3.15. The average Bonchev–Trinajstić information content (AvgIpc) is 2.44.